The van der Waals surface area contributed by atoms with Crippen molar-refractivity contribution < 1.29 is 4.79 Å². The zero-order valence-electron chi connectivity index (χ0n) is 8.70. The predicted molar refractivity (Wildman–Crippen MR) is 71.8 cm³/mol. The largest absolute Gasteiger partial charge is 0.290 e. The summed E-state index contributed by atoms with van der Waals surface area (Å²) >= 11 is 10.4. The summed E-state index contributed by atoms with van der Waals surface area (Å²) in [5.74, 6) is -0.0474. The van der Waals surface area contributed by atoms with Gasteiger partial charge in [-0.1, -0.05) is 11.6 Å². The molecule has 0 fully saturated rings. The summed E-state index contributed by atoms with van der Waals surface area (Å²) < 4.78 is 0.749. The van der Waals surface area contributed by atoms with Crippen molar-refractivity contribution in [1.29, 1.82) is 0 Å². The summed E-state index contributed by atoms with van der Waals surface area (Å²) in [6, 6.07) is 3.43. The Labute approximate surface area is 115 Å². The number of hydrogen-bond donors (Lipinski definition) is 1. The van der Waals surface area contributed by atoms with Gasteiger partial charge >= 0.3 is 0 Å². The number of aryl methyl sites for hydroxylation is 1. The summed E-state index contributed by atoms with van der Waals surface area (Å²) in [5.41, 5.74) is 0.700. The Morgan fingerprint density at radius 3 is 2.88 bits per heavy atom. The zero-order chi connectivity index (χ0) is 12.4. The minimum atomic E-state index is -0.256. The van der Waals surface area contributed by atoms with Crippen LogP contribution in [0.1, 0.15) is 15.4 Å². The normalized spacial score (nSPS) is 10.3. The van der Waals surface area contributed by atoms with E-state index in [9.17, 15) is 4.79 Å². The highest BCUT2D eigenvalue weighted by Crippen LogP contribution is 2.23. The van der Waals surface area contributed by atoms with Gasteiger partial charge in [0.1, 0.15) is 10.0 Å². The van der Waals surface area contributed by atoms with E-state index < -0.39 is 0 Å². The molecule has 0 atom stereocenters. The van der Waals surface area contributed by atoms with Gasteiger partial charge < -0.3 is 0 Å². The van der Waals surface area contributed by atoms with E-state index in [-0.39, 0.29) is 11.9 Å². The minimum absolute atomic E-state index is 0.209. The molecular weight excluding hydrogens is 326 g/mol. The highest BCUT2D eigenvalue weighted by atomic mass is 79.9. The number of carbonyl (C=O) groups excluding carboxylic acids is 1. The van der Waals surface area contributed by atoms with Crippen LogP contribution in [0.4, 0.5) is 5.95 Å². The molecule has 0 aliphatic heterocycles. The maximum Gasteiger partial charge on any atom is 0.269 e. The molecule has 0 aromatic carbocycles. The summed E-state index contributed by atoms with van der Waals surface area (Å²) in [4.78, 5) is 20.4. The third-order valence-corrected chi connectivity index (χ3v) is 3.90. The van der Waals surface area contributed by atoms with E-state index in [1.165, 1.54) is 11.3 Å². The van der Waals surface area contributed by atoms with Crippen LogP contribution in [0.2, 0.25) is 5.15 Å². The van der Waals surface area contributed by atoms with Gasteiger partial charge in [0.05, 0.1) is 0 Å². The number of aromatic nitrogens is 2. The smallest absolute Gasteiger partial charge is 0.269 e. The average molecular weight is 333 g/mol. The fourth-order valence-electron chi connectivity index (χ4n) is 1.20. The van der Waals surface area contributed by atoms with E-state index in [0.29, 0.717) is 15.7 Å². The van der Waals surface area contributed by atoms with Crippen molar-refractivity contribution in [3.63, 3.8) is 0 Å². The Balaban J connectivity index is 2.21. The lowest BCUT2D eigenvalue weighted by atomic mass is 10.4. The van der Waals surface area contributed by atoms with Crippen molar-refractivity contribution in [3.8, 4) is 0 Å². The monoisotopic (exact) mass is 331 g/mol. The highest BCUT2D eigenvalue weighted by Gasteiger charge is 2.13. The van der Waals surface area contributed by atoms with Gasteiger partial charge in [0.25, 0.3) is 5.91 Å². The average Bonchev–Trinajstić information content (AvgIpc) is 2.62. The summed E-state index contributed by atoms with van der Waals surface area (Å²) in [6.45, 7) is 1.78. The van der Waals surface area contributed by atoms with Crippen molar-refractivity contribution in [2.24, 2.45) is 0 Å². The molecule has 2 rings (SSSR count). The highest BCUT2D eigenvalue weighted by molar-refractivity contribution is 9.10. The van der Waals surface area contributed by atoms with Crippen molar-refractivity contribution in [2.75, 3.05) is 5.32 Å². The third-order valence-electron chi connectivity index (χ3n) is 1.87. The Kier molecular flexibility index (Phi) is 3.76. The second-order valence-electron chi connectivity index (χ2n) is 3.21. The fourth-order valence-corrected chi connectivity index (χ4v) is 2.88. The number of carbonyl (C=O) groups is 1. The molecule has 0 saturated carbocycles. The number of rotatable bonds is 2. The van der Waals surface area contributed by atoms with Gasteiger partial charge in [0.2, 0.25) is 5.95 Å². The second-order valence-corrected chi connectivity index (χ2v) is 5.37. The second kappa shape index (κ2) is 5.12. The van der Waals surface area contributed by atoms with E-state index >= 15 is 0 Å². The first kappa shape index (κ1) is 12.5. The van der Waals surface area contributed by atoms with Crippen LogP contribution in [-0.2, 0) is 0 Å². The van der Waals surface area contributed by atoms with Gasteiger partial charge in [-0.25, -0.2) is 9.97 Å². The molecule has 0 saturated heterocycles. The third kappa shape index (κ3) is 3.02. The molecule has 1 amide bonds. The Hall–Kier alpha value is -0.980. The quantitative estimate of drug-likeness (QED) is 0.856. The lowest BCUT2D eigenvalue weighted by molar-refractivity contribution is 0.102. The van der Waals surface area contributed by atoms with Gasteiger partial charge in [-0.2, -0.15) is 0 Å². The summed E-state index contributed by atoms with van der Waals surface area (Å²) in [6.07, 6.45) is 0. The molecule has 1 N–H and O–H groups in total. The predicted octanol–water partition coefficient (Wildman–Crippen LogP) is 3.51. The van der Waals surface area contributed by atoms with Crippen LogP contribution in [0.5, 0.6) is 0 Å². The number of anilines is 1. The lowest BCUT2D eigenvalue weighted by Gasteiger charge is -2.03. The molecule has 17 heavy (non-hydrogen) atoms. The van der Waals surface area contributed by atoms with Crippen molar-refractivity contribution in [3.05, 3.63) is 37.7 Å². The molecule has 2 heterocycles. The van der Waals surface area contributed by atoms with Crippen LogP contribution in [0.25, 0.3) is 0 Å². The molecule has 0 radical (unpaired) electrons. The van der Waals surface area contributed by atoms with Crippen molar-refractivity contribution >= 4 is 50.7 Å². The standard InChI is InChI=1S/C10H7BrClN3OS/c1-5-4-7(12)14-10(13-5)15-9(16)8-6(11)2-3-17-8/h2-4H,1H3,(H,13,14,15,16). The maximum atomic E-state index is 11.9. The number of nitrogens with zero attached hydrogens (tertiary/aromatic N) is 2. The van der Waals surface area contributed by atoms with E-state index in [1.807, 2.05) is 11.4 Å². The van der Waals surface area contributed by atoms with Crippen LogP contribution in [-0.4, -0.2) is 15.9 Å². The summed E-state index contributed by atoms with van der Waals surface area (Å²) in [7, 11) is 0. The van der Waals surface area contributed by atoms with Crippen LogP contribution in [0, 0.1) is 6.92 Å². The lowest BCUT2D eigenvalue weighted by Crippen LogP contribution is -2.13. The molecule has 0 aliphatic carbocycles. The Morgan fingerprint density at radius 1 is 1.53 bits per heavy atom. The van der Waals surface area contributed by atoms with E-state index in [1.54, 1.807) is 13.0 Å². The molecular formula is C10H7BrClN3OS. The number of amides is 1. The molecule has 2 aromatic rings. The Bertz CT molecular complexity index is 552. The molecule has 2 aromatic heterocycles. The number of halogens is 2. The van der Waals surface area contributed by atoms with Gasteiger partial charge in [-0.15, -0.1) is 11.3 Å². The van der Waals surface area contributed by atoms with E-state index in [2.05, 4.69) is 31.2 Å². The van der Waals surface area contributed by atoms with Crippen LogP contribution in [0.3, 0.4) is 0 Å². The molecule has 4 nitrogen and oxygen atoms in total. The molecule has 0 spiro atoms. The first-order valence-corrected chi connectivity index (χ1v) is 6.67. The molecule has 88 valence electrons. The van der Waals surface area contributed by atoms with Crippen molar-refractivity contribution in [2.45, 2.75) is 6.92 Å². The fraction of sp³-hybridized carbons (Fsp3) is 0.100. The SMILES string of the molecule is Cc1cc(Cl)nc(NC(=O)c2sccc2Br)n1. The van der Waals surface area contributed by atoms with Crippen LogP contribution in [0.15, 0.2) is 22.0 Å². The van der Waals surface area contributed by atoms with Crippen LogP contribution < -0.4 is 5.32 Å². The van der Waals surface area contributed by atoms with Gasteiger partial charge in [-0.05, 0) is 40.4 Å². The minimum Gasteiger partial charge on any atom is -0.290 e. The number of thiophene rings is 1. The maximum absolute atomic E-state index is 11.9. The molecule has 7 heteroatoms. The topological polar surface area (TPSA) is 54.9 Å². The van der Waals surface area contributed by atoms with Gasteiger partial charge in [0.15, 0.2) is 0 Å². The van der Waals surface area contributed by atoms with Gasteiger partial charge in [0, 0.05) is 10.2 Å². The van der Waals surface area contributed by atoms with Crippen molar-refractivity contribution in [1.82, 2.24) is 9.97 Å². The summed E-state index contributed by atoms with van der Waals surface area (Å²) in [5, 5.41) is 4.73. The Morgan fingerprint density at radius 2 is 2.29 bits per heavy atom. The van der Waals surface area contributed by atoms with Crippen LogP contribution >= 0.6 is 38.9 Å². The molecule has 0 aliphatic rings. The first-order valence-electron chi connectivity index (χ1n) is 4.62. The van der Waals surface area contributed by atoms with E-state index in [0.717, 1.165) is 4.47 Å². The number of hydrogen-bond acceptors (Lipinski definition) is 4. The van der Waals surface area contributed by atoms with E-state index in [4.69, 9.17) is 11.6 Å². The zero-order valence-corrected chi connectivity index (χ0v) is 11.9. The molecule has 0 unspecified atom stereocenters. The number of nitrogens with one attached hydrogen (secondary N) is 1. The molecule has 0 bridgehead atoms. The first-order chi connectivity index (χ1) is 8.06. The van der Waals surface area contributed by atoms with Gasteiger partial charge in [-0.3, -0.25) is 10.1 Å².